The number of fused-ring (bicyclic) bond motifs is 1. The summed E-state index contributed by atoms with van der Waals surface area (Å²) in [5.41, 5.74) is 1.19. The Morgan fingerprint density at radius 3 is 2.86 bits per heavy atom. The van der Waals surface area contributed by atoms with Crippen LogP contribution in [0.2, 0.25) is 0 Å². The smallest absolute Gasteiger partial charge is 0.360 e. The van der Waals surface area contributed by atoms with Crippen LogP contribution in [-0.4, -0.2) is 46.9 Å². The van der Waals surface area contributed by atoms with Gasteiger partial charge in [-0.2, -0.15) is 5.21 Å². The molecule has 21 heavy (non-hydrogen) atoms. The first-order valence-corrected chi connectivity index (χ1v) is 7.48. The fourth-order valence-corrected chi connectivity index (χ4v) is 2.93. The van der Waals surface area contributed by atoms with Crippen molar-refractivity contribution in [3.63, 3.8) is 0 Å². The Morgan fingerprint density at radius 2 is 2.24 bits per heavy atom. The molecule has 1 atom stereocenters. The molecule has 0 radical (unpaired) electrons. The van der Waals surface area contributed by atoms with E-state index in [1.165, 1.54) is 17.7 Å². The van der Waals surface area contributed by atoms with Crippen LogP contribution in [0.25, 0.3) is 17.2 Å². The molecule has 0 saturated heterocycles. The van der Waals surface area contributed by atoms with E-state index in [0.29, 0.717) is 11.3 Å². The summed E-state index contributed by atoms with van der Waals surface area (Å²) in [6, 6.07) is 4.88. The van der Waals surface area contributed by atoms with Gasteiger partial charge in [0.05, 0.1) is 11.9 Å². The van der Waals surface area contributed by atoms with Crippen LogP contribution >= 0.6 is 7.60 Å². The summed E-state index contributed by atoms with van der Waals surface area (Å²) in [5, 5.41) is 13.5. The Kier molecular flexibility index (Phi) is 3.30. The molecule has 0 amide bonds. The van der Waals surface area contributed by atoms with E-state index in [0.717, 1.165) is 0 Å². The monoisotopic (exact) mass is 310 g/mol. The van der Waals surface area contributed by atoms with E-state index >= 15 is 0 Å². The molecule has 3 aromatic rings. The molecule has 0 aliphatic carbocycles. The van der Waals surface area contributed by atoms with Crippen molar-refractivity contribution in [3.05, 3.63) is 30.1 Å². The number of imidazole rings is 1. The Balaban J connectivity index is 2.28. The lowest BCUT2D eigenvalue weighted by Gasteiger charge is -2.19. The zero-order chi connectivity index (χ0) is 15.0. The first kappa shape index (κ1) is 13.8. The number of aromatic nitrogens is 6. The van der Waals surface area contributed by atoms with Gasteiger partial charge in [-0.15, -0.1) is 10.2 Å². The average Bonchev–Trinajstić information content (AvgIpc) is 3.06. The lowest BCUT2D eigenvalue weighted by atomic mass is 10.3. The van der Waals surface area contributed by atoms with Gasteiger partial charge in [0.25, 0.3) is 0 Å². The van der Waals surface area contributed by atoms with Crippen molar-refractivity contribution in [1.29, 1.82) is 0 Å². The zero-order valence-electron chi connectivity index (χ0n) is 10.8. The van der Waals surface area contributed by atoms with E-state index < -0.39 is 13.4 Å². The first-order chi connectivity index (χ1) is 10.0. The predicted molar refractivity (Wildman–Crippen MR) is 70.2 cm³/mol. The highest BCUT2D eigenvalue weighted by atomic mass is 31.2. The number of nitrogens with zero attached hydrogens (tertiary/aromatic N) is 5. The van der Waals surface area contributed by atoms with Crippen LogP contribution in [0.3, 0.4) is 0 Å². The van der Waals surface area contributed by atoms with Gasteiger partial charge < -0.3 is 14.5 Å². The summed E-state index contributed by atoms with van der Waals surface area (Å²) in [7, 11) is -3.28. The highest BCUT2D eigenvalue weighted by Gasteiger charge is 2.33. The third-order valence-corrected chi connectivity index (χ3v) is 4.00. The van der Waals surface area contributed by atoms with E-state index in [1.807, 2.05) is 0 Å². The molecule has 10 nitrogen and oxygen atoms in total. The molecule has 0 fully saturated rings. The van der Waals surface area contributed by atoms with Crippen molar-refractivity contribution >= 4 is 13.2 Å². The maximum absolute atomic E-state index is 11.6. The fourth-order valence-electron chi connectivity index (χ4n) is 2.11. The van der Waals surface area contributed by atoms with Crippen LogP contribution in [0, 0.1) is 0 Å². The number of aromatic amines is 1. The van der Waals surface area contributed by atoms with E-state index in [2.05, 4.69) is 25.6 Å². The van der Waals surface area contributed by atoms with Crippen molar-refractivity contribution in [1.82, 2.24) is 30.0 Å². The largest absolute Gasteiger partial charge is 0.363 e. The molecule has 0 aromatic carbocycles. The first-order valence-electron chi connectivity index (χ1n) is 5.80. The normalized spacial score (nSPS) is 13.7. The second kappa shape index (κ2) is 5.01. The maximum Gasteiger partial charge on any atom is 0.360 e. The Labute approximate surface area is 117 Å². The van der Waals surface area contributed by atoms with Gasteiger partial charge in [-0.3, -0.25) is 8.97 Å². The number of ether oxygens (including phenoxy) is 1. The summed E-state index contributed by atoms with van der Waals surface area (Å²) in [5.74, 6) is -1.16. The minimum atomic E-state index is -4.51. The summed E-state index contributed by atoms with van der Waals surface area (Å²) in [6.45, 7) is 0. The zero-order valence-corrected chi connectivity index (χ0v) is 11.7. The molecule has 1 unspecified atom stereocenters. The lowest BCUT2D eigenvalue weighted by molar-refractivity contribution is 0.133. The van der Waals surface area contributed by atoms with E-state index in [4.69, 9.17) is 4.74 Å². The van der Waals surface area contributed by atoms with Gasteiger partial charge in [0.15, 0.2) is 5.85 Å². The number of pyridine rings is 1. The molecule has 0 aliphatic heterocycles. The minimum Gasteiger partial charge on any atom is -0.363 e. The quantitative estimate of drug-likeness (QED) is 0.586. The molecule has 0 spiro atoms. The van der Waals surface area contributed by atoms with Gasteiger partial charge in [-0.25, -0.2) is 4.98 Å². The number of hydrogen-bond donors (Lipinski definition) is 3. The van der Waals surface area contributed by atoms with Crippen LogP contribution in [0.5, 0.6) is 0 Å². The Hall–Kier alpha value is -2.13. The van der Waals surface area contributed by atoms with Crippen LogP contribution in [0.4, 0.5) is 0 Å². The molecule has 0 saturated carbocycles. The predicted octanol–water partition coefficient (Wildman–Crippen LogP) is 0.337. The third kappa shape index (κ3) is 2.34. The van der Waals surface area contributed by atoms with Gasteiger partial charge in [0.2, 0.25) is 5.82 Å². The minimum absolute atomic E-state index is 0.251. The molecule has 3 heterocycles. The van der Waals surface area contributed by atoms with Crippen molar-refractivity contribution in [2.24, 2.45) is 0 Å². The molecule has 0 aliphatic rings. The molecular formula is C10H11N6O4P. The van der Waals surface area contributed by atoms with Crippen molar-refractivity contribution in [3.8, 4) is 11.5 Å². The van der Waals surface area contributed by atoms with Crippen molar-refractivity contribution < 1.29 is 19.1 Å². The third-order valence-electron chi connectivity index (χ3n) is 2.92. The molecular weight excluding hydrogens is 299 g/mol. The standard InChI is InChI=1S/C10H11N6O4P/c1-20-10(21(17,18)19)6-3-2-4-8-11-5-7(16(6)8)9-12-14-15-13-9/h2-5,10H,1H3,(H2,17,18,19)(H,12,13,14,15). The highest BCUT2D eigenvalue weighted by molar-refractivity contribution is 7.51. The maximum atomic E-state index is 11.6. The average molecular weight is 310 g/mol. The summed E-state index contributed by atoms with van der Waals surface area (Å²) < 4.78 is 18.1. The number of H-pyrrole nitrogens is 1. The summed E-state index contributed by atoms with van der Waals surface area (Å²) in [6.07, 6.45) is 1.50. The fraction of sp³-hybridized carbons (Fsp3) is 0.200. The van der Waals surface area contributed by atoms with Crippen molar-refractivity contribution in [2.75, 3.05) is 7.11 Å². The molecule has 3 N–H and O–H groups in total. The molecule has 11 heteroatoms. The highest BCUT2D eigenvalue weighted by Crippen LogP contribution is 2.52. The number of methoxy groups -OCH3 is 1. The van der Waals surface area contributed by atoms with Gasteiger partial charge in [0.1, 0.15) is 11.3 Å². The molecule has 3 rings (SSSR count). The topological polar surface area (TPSA) is 139 Å². The van der Waals surface area contributed by atoms with Gasteiger partial charge in [-0.1, -0.05) is 6.07 Å². The summed E-state index contributed by atoms with van der Waals surface area (Å²) in [4.78, 5) is 23.1. The SMILES string of the molecule is COC(c1cccc2ncc(-c3nn[nH]n3)n12)P(=O)(O)O. The van der Waals surface area contributed by atoms with Gasteiger partial charge in [-0.05, 0) is 17.3 Å². The number of nitrogens with one attached hydrogen (secondary N) is 1. The van der Waals surface area contributed by atoms with Crippen LogP contribution < -0.4 is 0 Å². The second-order valence-electron chi connectivity index (χ2n) is 4.20. The molecule has 3 aromatic heterocycles. The van der Waals surface area contributed by atoms with Crippen molar-refractivity contribution in [2.45, 2.75) is 5.85 Å². The second-order valence-corrected chi connectivity index (χ2v) is 5.85. The Bertz CT molecular complexity index is 810. The summed E-state index contributed by atoms with van der Waals surface area (Å²) >= 11 is 0. The number of tetrazole rings is 1. The number of hydrogen-bond acceptors (Lipinski definition) is 6. The molecule has 110 valence electrons. The van der Waals surface area contributed by atoms with E-state index in [1.54, 1.807) is 18.2 Å². The van der Waals surface area contributed by atoms with E-state index in [9.17, 15) is 14.4 Å². The lowest BCUT2D eigenvalue weighted by Crippen LogP contribution is -2.09. The van der Waals surface area contributed by atoms with Crippen LogP contribution in [-0.2, 0) is 9.30 Å². The number of rotatable bonds is 4. The van der Waals surface area contributed by atoms with Crippen LogP contribution in [0.1, 0.15) is 11.5 Å². The van der Waals surface area contributed by atoms with E-state index in [-0.39, 0.29) is 11.5 Å². The van der Waals surface area contributed by atoms with Gasteiger partial charge in [0, 0.05) is 7.11 Å². The van der Waals surface area contributed by atoms with Crippen LogP contribution in [0.15, 0.2) is 24.4 Å². The molecule has 0 bridgehead atoms. The van der Waals surface area contributed by atoms with Gasteiger partial charge >= 0.3 is 7.60 Å². The Morgan fingerprint density at radius 1 is 1.43 bits per heavy atom.